The SMILES string of the molecule is CC(C)CC(O)CNS(=O)(=O)c1ccc(C#N)c(Cl)c1. The Hall–Kier alpha value is -1.13. The van der Waals surface area contributed by atoms with Crippen molar-refractivity contribution in [1.82, 2.24) is 4.72 Å². The van der Waals surface area contributed by atoms with Gasteiger partial charge in [-0.1, -0.05) is 25.4 Å². The third-order valence-corrected chi connectivity index (χ3v) is 4.36. The minimum absolute atomic E-state index is 0.0294. The van der Waals surface area contributed by atoms with E-state index in [9.17, 15) is 13.5 Å². The van der Waals surface area contributed by atoms with Crippen LogP contribution >= 0.6 is 11.6 Å². The second kappa shape index (κ2) is 7.04. The third-order valence-electron chi connectivity index (χ3n) is 2.62. The highest BCUT2D eigenvalue weighted by atomic mass is 35.5. The van der Waals surface area contributed by atoms with Crippen molar-refractivity contribution in [2.24, 2.45) is 5.92 Å². The predicted octanol–water partition coefficient (Wildman–Crippen LogP) is 1.90. The molecule has 0 spiro atoms. The van der Waals surface area contributed by atoms with Crippen LogP contribution in [-0.2, 0) is 10.0 Å². The first-order valence-electron chi connectivity index (χ1n) is 6.13. The number of benzene rings is 1. The molecule has 110 valence electrons. The molecule has 20 heavy (non-hydrogen) atoms. The third kappa shape index (κ3) is 4.76. The largest absolute Gasteiger partial charge is 0.392 e. The van der Waals surface area contributed by atoms with E-state index in [0.29, 0.717) is 6.42 Å². The van der Waals surface area contributed by atoms with Gasteiger partial charge in [0, 0.05) is 6.54 Å². The molecule has 0 aliphatic carbocycles. The van der Waals surface area contributed by atoms with Gasteiger partial charge in [-0.25, -0.2) is 13.1 Å². The normalized spacial score (nSPS) is 13.2. The van der Waals surface area contributed by atoms with E-state index in [0.717, 1.165) is 0 Å². The summed E-state index contributed by atoms with van der Waals surface area (Å²) in [6.07, 6.45) is -0.227. The predicted molar refractivity (Wildman–Crippen MR) is 76.8 cm³/mol. The Labute approximate surface area is 124 Å². The maximum absolute atomic E-state index is 12.0. The zero-order chi connectivity index (χ0) is 15.3. The van der Waals surface area contributed by atoms with Gasteiger partial charge < -0.3 is 5.11 Å². The zero-order valence-corrected chi connectivity index (χ0v) is 12.9. The van der Waals surface area contributed by atoms with Gasteiger partial charge in [0.2, 0.25) is 10.0 Å². The van der Waals surface area contributed by atoms with E-state index in [1.807, 2.05) is 19.9 Å². The number of hydrogen-bond acceptors (Lipinski definition) is 4. The fourth-order valence-corrected chi connectivity index (χ4v) is 3.06. The van der Waals surface area contributed by atoms with Crippen LogP contribution in [0, 0.1) is 17.2 Å². The molecule has 0 heterocycles. The van der Waals surface area contributed by atoms with Crippen LogP contribution in [-0.4, -0.2) is 26.2 Å². The Balaban J connectivity index is 2.79. The molecule has 1 atom stereocenters. The van der Waals surface area contributed by atoms with Gasteiger partial charge in [-0.05, 0) is 30.5 Å². The number of rotatable bonds is 6. The van der Waals surface area contributed by atoms with Crippen molar-refractivity contribution in [1.29, 1.82) is 5.26 Å². The summed E-state index contributed by atoms with van der Waals surface area (Å²) in [6, 6.07) is 5.73. The molecule has 0 saturated carbocycles. The van der Waals surface area contributed by atoms with Crippen LogP contribution in [0.5, 0.6) is 0 Å². The molecule has 0 saturated heterocycles. The van der Waals surface area contributed by atoms with E-state index in [4.69, 9.17) is 16.9 Å². The molecule has 0 radical (unpaired) electrons. The molecule has 0 amide bonds. The Kier molecular flexibility index (Phi) is 5.96. The van der Waals surface area contributed by atoms with Crippen LogP contribution in [0.4, 0.5) is 0 Å². The number of aliphatic hydroxyl groups excluding tert-OH is 1. The molecule has 1 aromatic carbocycles. The van der Waals surface area contributed by atoms with Gasteiger partial charge in [-0.2, -0.15) is 5.26 Å². The summed E-state index contributed by atoms with van der Waals surface area (Å²) in [6.45, 7) is 3.83. The summed E-state index contributed by atoms with van der Waals surface area (Å²) < 4.78 is 26.3. The van der Waals surface area contributed by atoms with Crippen molar-refractivity contribution in [3.63, 3.8) is 0 Å². The first-order chi connectivity index (χ1) is 9.26. The van der Waals surface area contributed by atoms with Gasteiger partial charge in [0.1, 0.15) is 6.07 Å². The second-order valence-corrected chi connectivity index (χ2v) is 7.06. The molecule has 0 aromatic heterocycles. The Morgan fingerprint density at radius 1 is 1.45 bits per heavy atom. The van der Waals surface area contributed by atoms with E-state index in [-0.39, 0.29) is 27.9 Å². The highest BCUT2D eigenvalue weighted by Crippen LogP contribution is 2.20. The molecule has 0 fully saturated rings. The van der Waals surface area contributed by atoms with Gasteiger partial charge in [-0.3, -0.25) is 0 Å². The van der Waals surface area contributed by atoms with Gasteiger partial charge in [0.15, 0.2) is 0 Å². The topological polar surface area (TPSA) is 90.2 Å². The molecule has 7 heteroatoms. The number of sulfonamides is 1. The molecule has 5 nitrogen and oxygen atoms in total. The second-order valence-electron chi connectivity index (χ2n) is 4.89. The highest BCUT2D eigenvalue weighted by molar-refractivity contribution is 7.89. The maximum atomic E-state index is 12.0. The van der Waals surface area contributed by atoms with Crippen molar-refractivity contribution in [3.8, 4) is 6.07 Å². The molecule has 0 bridgehead atoms. The first-order valence-corrected chi connectivity index (χ1v) is 7.99. The number of nitriles is 1. The van der Waals surface area contributed by atoms with Crippen molar-refractivity contribution in [2.75, 3.05) is 6.54 Å². The summed E-state index contributed by atoms with van der Waals surface area (Å²) in [5.74, 6) is 0.277. The number of nitrogens with one attached hydrogen (secondary N) is 1. The van der Waals surface area contributed by atoms with Crippen LogP contribution < -0.4 is 4.72 Å². The maximum Gasteiger partial charge on any atom is 0.240 e. The molecule has 2 N–H and O–H groups in total. The molecule has 1 rings (SSSR count). The van der Waals surface area contributed by atoms with Crippen molar-refractivity contribution in [2.45, 2.75) is 31.3 Å². The Morgan fingerprint density at radius 3 is 2.60 bits per heavy atom. The summed E-state index contributed by atoms with van der Waals surface area (Å²) in [4.78, 5) is -0.0294. The average molecular weight is 317 g/mol. The quantitative estimate of drug-likeness (QED) is 0.838. The van der Waals surface area contributed by atoms with E-state index in [2.05, 4.69) is 4.72 Å². The summed E-state index contributed by atoms with van der Waals surface area (Å²) in [7, 11) is -3.74. The fourth-order valence-electron chi connectivity index (χ4n) is 1.67. The molecular weight excluding hydrogens is 300 g/mol. The van der Waals surface area contributed by atoms with Crippen molar-refractivity contribution in [3.05, 3.63) is 28.8 Å². The lowest BCUT2D eigenvalue weighted by molar-refractivity contribution is 0.152. The number of halogens is 1. The first kappa shape index (κ1) is 16.9. The smallest absolute Gasteiger partial charge is 0.240 e. The molecule has 0 aliphatic rings. The zero-order valence-electron chi connectivity index (χ0n) is 11.3. The number of aliphatic hydroxyl groups is 1. The van der Waals surface area contributed by atoms with E-state index < -0.39 is 16.1 Å². The van der Waals surface area contributed by atoms with Gasteiger partial charge in [0.25, 0.3) is 0 Å². The highest BCUT2D eigenvalue weighted by Gasteiger charge is 2.17. The summed E-state index contributed by atoms with van der Waals surface area (Å²) in [5.41, 5.74) is 0.213. The van der Waals surface area contributed by atoms with Crippen molar-refractivity contribution < 1.29 is 13.5 Å². The summed E-state index contributed by atoms with van der Waals surface area (Å²) >= 11 is 5.80. The van der Waals surface area contributed by atoms with Crippen LogP contribution in [0.25, 0.3) is 0 Å². The monoisotopic (exact) mass is 316 g/mol. The Bertz CT molecular complexity index is 609. The number of hydrogen-bond donors (Lipinski definition) is 2. The lowest BCUT2D eigenvalue weighted by Gasteiger charge is -2.14. The van der Waals surface area contributed by atoms with Gasteiger partial charge in [-0.15, -0.1) is 0 Å². The van der Waals surface area contributed by atoms with E-state index >= 15 is 0 Å². The number of nitrogens with zero attached hydrogens (tertiary/aromatic N) is 1. The van der Waals surface area contributed by atoms with Gasteiger partial charge in [0.05, 0.1) is 21.6 Å². The molecule has 1 aromatic rings. The lowest BCUT2D eigenvalue weighted by atomic mass is 10.1. The lowest BCUT2D eigenvalue weighted by Crippen LogP contribution is -2.32. The van der Waals surface area contributed by atoms with E-state index in [1.165, 1.54) is 18.2 Å². The molecule has 1 unspecified atom stereocenters. The molecule has 0 aliphatic heterocycles. The minimum atomic E-state index is -3.74. The van der Waals surface area contributed by atoms with Crippen molar-refractivity contribution >= 4 is 21.6 Å². The Morgan fingerprint density at radius 2 is 2.10 bits per heavy atom. The van der Waals surface area contributed by atoms with Crippen LogP contribution in [0.3, 0.4) is 0 Å². The standard InChI is InChI=1S/C13H17ClN2O3S/c1-9(2)5-11(17)8-16-20(18,19)12-4-3-10(7-15)13(14)6-12/h3-4,6,9,11,16-17H,5,8H2,1-2H3. The van der Waals surface area contributed by atoms with Crippen LogP contribution in [0.2, 0.25) is 5.02 Å². The summed E-state index contributed by atoms with van der Waals surface area (Å²) in [5, 5.41) is 18.5. The minimum Gasteiger partial charge on any atom is -0.392 e. The van der Waals surface area contributed by atoms with Crippen LogP contribution in [0.15, 0.2) is 23.1 Å². The van der Waals surface area contributed by atoms with Crippen LogP contribution in [0.1, 0.15) is 25.8 Å². The van der Waals surface area contributed by atoms with Gasteiger partial charge >= 0.3 is 0 Å². The average Bonchev–Trinajstić information content (AvgIpc) is 2.35. The fraction of sp³-hybridized carbons (Fsp3) is 0.462. The van der Waals surface area contributed by atoms with E-state index in [1.54, 1.807) is 0 Å². The molecular formula is C13H17ClN2O3S.